The molecule has 0 radical (unpaired) electrons. The molecule has 0 fully saturated rings. The molecule has 0 bridgehead atoms. The third kappa shape index (κ3) is 4.94. The summed E-state index contributed by atoms with van der Waals surface area (Å²) in [5, 5.41) is 11.9. The average molecular weight is 221 g/mol. The van der Waals surface area contributed by atoms with Gasteiger partial charge in [-0.1, -0.05) is 38.1 Å². The Morgan fingerprint density at radius 2 is 1.81 bits per heavy atom. The molecule has 0 atom stereocenters. The second kappa shape index (κ2) is 6.28. The third-order valence-electron chi connectivity index (χ3n) is 2.36. The first kappa shape index (κ1) is 12.7. The van der Waals surface area contributed by atoms with Crippen LogP contribution in [0.5, 0.6) is 0 Å². The molecule has 88 valence electrons. The van der Waals surface area contributed by atoms with Gasteiger partial charge < -0.3 is 10.4 Å². The van der Waals surface area contributed by atoms with Crippen LogP contribution in [0.25, 0.3) is 0 Å². The Morgan fingerprint density at radius 1 is 1.25 bits per heavy atom. The summed E-state index contributed by atoms with van der Waals surface area (Å²) >= 11 is 0. The van der Waals surface area contributed by atoms with E-state index < -0.39 is 5.97 Å². The zero-order chi connectivity index (χ0) is 12.0. The van der Waals surface area contributed by atoms with Gasteiger partial charge in [-0.2, -0.15) is 0 Å². The molecule has 0 amide bonds. The summed E-state index contributed by atoms with van der Waals surface area (Å²) in [7, 11) is 0. The van der Waals surface area contributed by atoms with E-state index in [9.17, 15) is 4.79 Å². The van der Waals surface area contributed by atoms with Gasteiger partial charge in [-0.25, -0.2) is 0 Å². The normalized spacial score (nSPS) is 10.7. The Bertz CT molecular complexity index is 330. The van der Waals surface area contributed by atoms with Gasteiger partial charge in [-0.05, 0) is 17.5 Å². The molecule has 0 heterocycles. The summed E-state index contributed by atoms with van der Waals surface area (Å²) in [4.78, 5) is 10.4. The SMILES string of the molecule is CC(C)NCc1ccc(CCC(=O)O)cc1. The maximum absolute atomic E-state index is 10.4. The van der Waals surface area contributed by atoms with Gasteiger partial charge in [-0.15, -0.1) is 0 Å². The van der Waals surface area contributed by atoms with Crippen molar-refractivity contribution in [2.75, 3.05) is 0 Å². The lowest BCUT2D eigenvalue weighted by Gasteiger charge is -2.08. The lowest BCUT2D eigenvalue weighted by molar-refractivity contribution is -0.136. The molecule has 1 rings (SSSR count). The van der Waals surface area contributed by atoms with E-state index in [2.05, 4.69) is 19.2 Å². The fourth-order valence-electron chi connectivity index (χ4n) is 1.40. The van der Waals surface area contributed by atoms with Crippen molar-refractivity contribution in [1.29, 1.82) is 0 Å². The molecule has 1 aromatic rings. The zero-order valence-electron chi connectivity index (χ0n) is 9.86. The second-order valence-corrected chi connectivity index (χ2v) is 4.25. The molecule has 0 aliphatic carbocycles. The van der Waals surface area contributed by atoms with Gasteiger partial charge in [0.15, 0.2) is 0 Å². The van der Waals surface area contributed by atoms with Gasteiger partial charge in [0.2, 0.25) is 0 Å². The highest BCUT2D eigenvalue weighted by molar-refractivity contribution is 5.67. The highest BCUT2D eigenvalue weighted by Crippen LogP contribution is 2.07. The third-order valence-corrected chi connectivity index (χ3v) is 2.36. The predicted molar refractivity (Wildman–Crippen MR) is 64.4 cm³/mol. The minimum absolute atomic E-state index is 0.198. The highest BCUT2D eigenvalue weighted by atomic mass is 16.4. The number of aryl methyl sites for hydroxylation is 1. The minimum Gasteiger partial charge on any atom is -0.481 e. The molecule has 2 N–H and O–H groups in total. The van der Waals surface area contributed by atoms with Crippen molar-refractivity contribution in [3.63, 3.8) is 0 Å². The first-order valence-corrected chi connectivity index (χ1v) is 5.61. The van der Waals surface area contributed by atoms with Crippen molar-refractivity contribution in [2.45, 2.75) is 39.3 Å². The van der Waals surface area contributed by atoms with Crippen LogP contribution in [-0.4, -0.2) is 17.1 Å². The van der Waals surface area contributed by atoms with Gasteiger partial charge >= 0.3 is 5.97 Å². The summed E-state index contributed by atoms with van der Waals surface area (Å²) < 4.78 is 0. The molecular weight excluding hydrogens is 202 g/mol. The fourth-order valence-corrected chi connectivity index (χ4v) is 1.40. The molecular formula is C13H19NO2. The van der Waals surface area contributed by atoms with E-state index in [1.54, 1.807) is 0 Å². The predicted octanol–water partition coefficient (Wildman–Crippen LogP) is 2.20. The largest absolute Gasteiger partial charge is 0.481 e. The van der Waals surface area contributed by atoms with Crippen molar-refractivity contribution >= 4 is 5.97 Å². The Hall–Kier alpha value is -1.35. The van der Waals surface area contributed by atoms with Crippen LogP contribution in [0, 0.1) is 0 Å². The maximum atomic E-state index is 10.4. The van der Waals surface area contributed by atoms with Crippen LogP contribution in [0.15, 0.2) is 24.3 Å². The maximum Gasteiger partial charge on any atom is 0.303 e. The molecule has 0 saturated carbocycles. The number of hydrogen-bond donors (Lipinski definition) is 2. The highest BCUT2D eigenvalue weighted by Gasteiger charge is 1.99. The van der Waals surface area contributed by atoms with E-state index in [4.69, 9.17) is 5.11 Å². The Kier molecular flexibility index (Phi) is 4.99. The van der Waals surface area contributed by atoms with Crippen LogP contribution < -0.4 is 5.32 Å². The van der Waals surface area contributed by atoms with Crippen molar-refractivity contribution in [3.05, 3.63) is 35.4 Å². The summed E-state index contributed by atoms with van der Waals surface area (Å²) in [6.07, 6.45) is 0.802. The van der Waals surface area contributed by atoms with E-state index in [1.807, 2.05) is 24.3 Å². The van der Waals surface area contributed by atoms with E-state index >= 15 is 0 Å². The van der Waals surface area contributed by atoms with E-state index in [0.717, 1.165) is 12.1 Å². The summed E-state index contributed by atoms with van der Waals surface area (Å²) in [5.74, 6) is -0.745. The number of carbonyl (C=O) groups is 1. The quantitative estimate of drug-likeness (QED) is 0.774. The molecule has 16 heavy (non-hydrogen) atoms. The molecule has 0 spiro atoms. The fraction of sp³-hybridized carbons (Fsp3) is 0.462. The van der Waals surface area contributed by atoms with Gasteiger partial charge in [-0.3, -0.25) is 4.79 Å². The zero-order valence-corrected chi connectivity index (χ0v) is 9.86. The average Bonchev–Trinajstić information content (AvgIpc) is 2.25. The van der Waals surface area contributed by atoms with Crippen molar-refractivity contribution in [1.82, 2.24) is 5.32 Å². The molecule has 0 aromatic heterocycles. The molecule has 1 aromatic carbocycles. The monoisotopic (exact) mass is 221 g/mol. The topological polar surface area (TPSA) is 49.3 Å². The number of aliphatic carboxylic acids is 1. The molecule has 3 heteroatoms. The van der Waals surface area contributed by atoms with Crippen LogP contribution in [0.2, 0.25) is 0 Å². The van der Waals surface area contributed by atoms with E-state index in [-0.39, 0.29) is 6.42 Å². The molecule has 3 nitrogen and oxygen atoms in total. The van der Waals surface area contributed by atoms with Crippen molar-refractivity contribution in [3.8, 4) is 0 Å². The summed E-state index contributed by atoms with van der Waals surface area (Å²) in [6, 6.07) is 8.58. The van der Waals surface area contributed by atoms with E-state index in [0.29, 0.717) is 12.5 Å². The number of nitrogens with one attached hydrogen (secondary N) is 1. The lowest BCUT2D eigenvalue weighted by Crippen LogP contribution is -2.21. The van der Waals surface area contributed by atoms with Gasteiger partial charge in [0.1, 0.15) is 0 Å². The van der Waals surface area contributed by atoms with Crippen LogP contribution in [0.3, 0.4) is 0 Å². The number of carboxylic acids is 1. The molecule has 0 aliphatic rings. The van der Waals surface area contributed by atoms with Gasteiger partial charge in [0, 0.05) is 19.0 Å². The number of rotatable bonds is 6. The molecule has 0 unspecified atom stereocenters. The molecule has 0 saturated heterocycles. The lowest BCUT2D eigenvalue weighted by atomic mass is 10.1. The first-order valence-electron chi connectivity index (χ1n) is 5.61. The Morgan fingerprint density at radius 3 is 2.31 bits per heavy atom. The van der Waals surface area contributed by atoms with Crippen LogP contribution in [-0.2, 0) is 17.8 Å². The Balaban J connectivity index is 2.44. The number of hydrogen-bond acceptors (Lipinski definition) is 2. The number of benzene rings is 1. The Labute approximate surface area is 96.5 Å². The minimum atomic E-state index is -0.745. The van der Waals surface area contributed by atoms with E-state index in [1.165, 1.54) is 5.56 Å². The smallest absolute Gasteiger partial charge is 0.303 e. The summed E-state index contributed by atoms with van der Waals surface area (Å²) in [6.45, 7) is 5.08. The standard InChI is InChI=1S/C13H19NO2/c1-10(2)14-9-12-5-3-11(4-6-12)7-8-13(15)16/h3-6,10,14H,7-9H2,1-2H3,(H,15,16). The van der Waals surface area contributed by atoms with Crippen LogP contribution in [0.4, 0.5) is 0 Å². The summed E-state index contributed by atoms with van der Waals surface area (Å²) in [5.41, 5.74) is 2.31. The van der Waals surface area contributed by atoms with Gasteiger partial charge in [0.25, 0.3) is 0 Å². The van der Waals surface area contributed by atoms with Crippen molar-refractivity contribution < 1.29 is 9.90 Å². The molecule has 0 aliphatic heterocycles. The second-order valence-electron chi connectivity index (χ2n) is 4.25. The van der Waals surface area contributed by atoms with Crippen molar-refractivity contribution in [2.24, 2.45) is 0 Å². The van der Waals surface area contributed by atoms with Crippen LogP contribution >= 0.6 is 0 Å². The number of carboxylic acid groups (broad SMARTS) is 1. The first-order chi connectivity index (χ1) is 7.58. The van der Waals surface area contributed by atoms with Gasteiger partial charge in [0.05, 0.1) is 0 Å². The van der Waals surface area contributed by atoms with Crippen LogP contribution in [0.1, 0.15) is 31.4 Å².